The highest BCUT2D eigenvalue weighted by molar-refractivity contribution is 6.29. The largest absolute Gasteiger partial charge is 0.480 e. The summed E-state index contributed by atoms with van der Waals surface area (Å²) in [5.41, 5.74) is 3.26. The molecule has 0 radical (unpaired) electrons. The molecule has 4 rings (SSSR count). The number of aliphatic carboxylic acids is 1. The van der Waals surface area contributed by atoms with Crippen LogP contribution in [0.25, 0.3) is 0 Å². The van der Waals surface area contributed by atoms with Crippen molar-refractivity contribution in [1.29, 1.82) is 0 Å². The number of carbonyl (C=O) groups is 3. The second-order valence-electron chi connectivity index (χ2n) is 8.25. The van der Waals surface area contributed by atoms with Crippen LogP contribution in [0.3, 0.4) is 0 Å². The van der Waals surface area contributed by atoms with Crippen LogP contribution < -0.4 is 5.32 Å². The molecule has 0 spiro atoms. The van der Waals surface area contributed by atoms with Gasteiger partial charge in [-0.25, -0.2) is 14.6 Å². The quantitative estimate of drug-likeness (QED) is 0.487. The van der Waals surface area contributed by atoms with Gasteiger partial charge in [-0.2, -0.15) is 0 Å². The number of hydrogen-bond donors (Lipinski definition) is 2. The smallest absolute Gasteiger partial charge is 0.411 e. The Morgan fingerprint density at radius 2 is 1.74 bits per heavy atom. The van der Waals surface area contributed by atoms with Crippen molar-refractivity contribution in [2.24, 2.45) is 0 Å². The molecule has 2 N–H and O–H groups in total. The van der Waals surface area contributed by atoms with Crippen LogP contribution in [0.4, 0.5) is 4.79 Å². The summed E-state index contributed by atoms with van der Waals surface area (Å²) in [6.45, 7) is 0.244. The van der Waals surface area contributed by atoms with Crippen LogP contribution in [0.2, 0.25) is 5.15 Å². The molecule has 1 aromatic heterocycles. The average Bonchev–Trinajstić information content (AvgIpc) is 2.87. The van der Waals surface area contributed by atoms with Crippen molar-refractivity contribution in [3.05, 3.63) is 100 Å². The molecule has 2 heterocycles. The summed E-state index contributed by atoms with van der Waals surface area (Å²) in [4.78, 5) is 43.5. The summed E-state index contributed by atoms with van der Waals surface area (Å²) < 4.78 is 5.49. The molecule has 2 atom stereocenters. The third-order valence-corrected chi connectivity index (χ3v) is 6.06. The monoisotopic (exact) mass is 493 g/mol. The van der Waals surface area contributed by atoms with E-state index < -0.39 is 30.1 Å². The van der Waals surface area contributed by atoms with Gasteiger partial charge in [-0.05, 0) is 28.3 Å². The third kappa shape index (κ3) is 6.16. The van der Waals surface area contributed by atoms with Crippen molar-refractivity contribution in [3.63, 3.8) is 0 Å². The number of carboxylic acids is 1. The lowest BCUT2D eigenvalue weighted by atomic mass is 9.93. The topological polar surface area (TPSA) is 109 Å². The summed E-state index contributed by atoms with van der Waals surface area (Å²) in [6, 6.07) is 17.9. The molecule has 2 amide bonds. The number of hydrogen-bond acceptors (Lipinski definition) is 5. The van der Waals surface area contributed by atoms with Gasteiger partial charge in [0.2, 0.25) is 5.91 Å². The molecule has 0 saturated carbocycles. The first-order valence-corrected chi connectivity index (χ1v) is 11.5. The van der Waals surface area contributed by atoms with Crippen molar-refractivity contribution in [2.45, 2.75) is 38.1 Å². The van der Waals surface area contributed by atoms with Crippen LogP contribution in [0, 0.1) is 0 Å². The number of amides is 2. The predicted molar refractivity (Wildman–Crippen MR) is 129 cm³/mol. The number of carboxylic acid groups (broad SMARTS) is 1. The minimum absolute atomic E-state index is 0.0208. The highest BCUT2D eigenvalue weighted by Crippen LogP contribution is 2.25. The molecule has 9 heteroatoms. The zero-order valence-electron chi connectivity index (χ0n) is 18.8. The summed E-state index contributed by atoms with van der Waals surface area (Å²) in [5.74, 6) is -1.76. The van der Waals surface area contributed by atoms with E-state index in [1.54, 1.807) is 12.1 Å². The van der Waals surface area contributed by atoms with Gasteiger partial charge in [0.1, 0.15) is 23.8 Å². The minimum atomic E-state index is -1.20. The van der Waals surface area contributed by atoms with Gasteiger partial charge in [0.05, 0.1) is 6.54 Å². The summed E-state index contributed by atoms with van der Waals surface area (Å²) >= 11 is 5.80. The fourth-order valence-corrected chi connectivity index (χ4v) is 4.09. The Balaban J connectivity index is 1.51. The molecule has 8 nitrogen and oxygen atoms in total. The van der Waals surface area contributed by atoms with Crippen molar-refractivity contribution in [1.82, 2.24) is 15.2 Å². The molecule has 0 aliphatic carbocycles. The van der Waals surface area contributed by atoms with E-state index in [2.05, 4.69) is 10.3 Å². The molecule has 1 aliphatic rings. The second kappa shape index (κ2) is 11.0. The van der Waals surface area contributed by atoms with E-state index in [0.717, 1.165) is 16.7 Å². The number of halogens is 1. The van der Waals surface area contributed by atoms with Gasteiger partial charge >= 0.3 is 12.1 Å². The SMILES string of the molecule is O=C(O)[C@@H](Cc1ccc(Cl)nc1)NC(=O)[C@@H]1Cc2ccccc2CN1C(=O)OCc1ccccc1. The molecule has 0 unspecified atom stereocenters. The maximum atomic E-state index is 13.3. The molecule has 1 aliphatic heterocycles. The van der Waals surface area contributed by atoms with E-state index >= 15 is 0 Å². The molecule has 0 saturated heterocycles. The maximum Gasteiger partial charge on any atom is 0.411 e. The Hall–Kier alpha value is -3.91. The van der Waals surface area contributed by atoms with Crippen molar-refractivity contribution >= 4 is 29.6 Å². The first kappa shape index (κ1) is 24.2. The number of nitrogens with zero attached hydrogens (tertiary/aromatic N) is 2. The van der Waals surface area contributed by atoms with Crippen molar-refractivity contribution in [2.75, 3.05) is 0 Å². The van der Waals surface area contributed by atoms with Crippen LogP contribution in [-0.4, -0.2) is 45.0 Å². The standard InChI is InChI=1S/C26H24ClN3O5/c27-23-11-10-18(14-28-23)12-21(25(32)33)29-24(31)22-13-19-8-4-5-9-20(19)15-30(22)26(34)35-16-17-6-2-1-3-7-17/h1-11,14,21-22H,12-13,15-16H2,(H,29,31)(H,32,33)/t21-,22+/m1/s1. The molecule has 0 fully saturated rings. The van der Waals surface area contributed by atoms with Crippen LogP contribution >= 0.6 is 11.6 Å². The maximum absolute atomic E-state index is 13.3. The Labute approximate surface area is 207 Å². The van der Waals surface area contributed by atoms with Gasteiger partial charge < -0.3 is 15.2 Å². The van der Waals surface area contributed by atoms with Gasteiger partial charge in [0.25, 0.3) is 0 Å². The first-order chi connectivity index (χ1) is 16.9. The molecule has 3 aromatic rings. The zero-order chi connectivity index (χ0) is 24.8. The van der Waals surface area contributed by atoms with Gasteiger partial charge in [0, 0.05) is 19.0 Å². The molecule has 35 heavy (non-hydrogen) atoms. The first-order valence-electron chi connectivity index (χ1n) is 11.1. The molecule has 180 valence electrons. The Morgan fingerprint density at radius 1 is 1.03 bits per heavy atom. The Morgan fingerprint density at radius 3 is 2.43 bits per heavy atom. The third-order valence-electron chi connectivity index (χ3n) is 5.83. The Kier molecular flexibility index (Phi) is 7.62. The number of fused-ring (bicyclic) bond motifs is 1. The zero-order valence-corrected chi connectivity index (χ0v) is 19.5. The predicted octanol–water partition coefficient (Wildman–Crippen LogP) is 3.61. The second-order valence-corrected chi connectivity index (χ2v) is 8.64. The fourth-order valence-electron chi connectivity index (χ4n) is 3.98. The van der Waals surface area contributed by atoms with Crippen LogP contribution in [0.5, 0.6) is 0 Å². The average molecular weight is 494 g/mol. The summed E-state index contributed by atoms with van der Waals surface area (Å²) in [5, 5.41) is 12.6. The summed E-state index contributed by atoms with van der Waals surface area (Å²) in [7, 11) is 0. The summed E-state index contributed by atoms with van der Waals surface area (Å²) in [6.07, 6.45) is 1.09. The number of benzene rings is 2. The molecule has 0 bridgehead atoms. The number of nitrogens with one attached hydrogen (secondary N) is 1. The lowest BCUT2D eigenvalue weighted by Crippen LogP contribution is -2.56. The lowest BCUT2D eigenvalue weighted by molar-refractivity contribution is -0.142. The van der Waals surface area contributed by atoms with E-state index in [0.29, 0.717) is 5.56 Å². The van der Waals surface area contributed by atoms with E-state index in [1.165, 1.54) is 11.1 Å². The van der Waals surface area contributed by atoms with Gasteiger partial charge in [0.15, 0.2) is 0 Å². The van der Waals surface area contributed by atoms with Gasteiger partial charge in [-0.15, -0.1) is 0 Å². The normalized spacial score (nSPS) is 15.6. The van der Waals surface area contributed by atoms with Crippen LogP contribution in [0.15, 0.2) is 72.9 Å². The van der Waals surface area contributed by atoms with Crippen LogP contribution in [-0.2, 0) is 40.3 Å². The number of carbonyl (C=O) groups excluding carboxylic acids is 2. The number of rotatable bonds is 7. The number of aromatic nitrogens is 1. The van der Waals surface area contributed by atoms with Crippen molar-refractivity contribution in [3.8, 4) is 0 Å². The number of ether oxygens (including phenoxy) is 1. The van der Waals surface area contributed by atoms with E-state index in [9.17, 15) is 19.5 Å². The highest BCUT2D eigenvalue weighted by atomic mass is 35.5. The fraction of sp³-hybridized carbons (Fsp3) is 0.231. The van der Waals surface area contributed by atoms with E-state index in [4.69, 9.17) is 16.3 Å². The highest BCUT2D eigenvalue weighted by Gasteiger charge is 2.37. The van der Waals surface area contributed by atoms with Gasteiger partial charge in [-0.1, -0.05) is 72.3 Å². The van der Waals surface area contributed by atoms with E-state index in [1.807, 2.05) is 54.6 Å². The molecular formula is C26H24ClN3O5. The van der Waals surface area contributed by atoms with E-state index in [-0.39, 0.29) is 31.1 Å². The van der Waals surface area contributed by atoms with Crippen LogP contribution in [0.1, 0.15) is 22.3 Å². The molecule has 2 aromatic carbocycles. The Bertz CT molecular complexity index is 1200. The lowest BCUT2D eigenvalue weighted by Gasteiger charge is -2.35. The number of pyridine rings is 1. The van der Waals surface area contributed by atoms with Gasteiger partial charge in [-0.3, -0.25) is 9.69 Å². The van der Waals surface area contributed by atoms with Crippen molar-refractivity contribution < 1.29 is 24.2 Å². The minimum Gasteiger partial charge on any atom is -0.480 e. The molecular weight excluding hydrogens is 470 g/mol.